The van der Waals surface area contributed by atoms with Crippen molar-refractivity contribution in [1.29, 1.82) is 0 Å². The van der Waals surface area contributed by atoms with E-state index in [1.165, 1.54) is 5.56 Å². The number of nitrogens with one attached hydrogen (secondary N) is 1. The van der Waals surface area contributed by atoms with Gasteiger partial charge in [0, 0.05) is 18.3 Å². The molecule has 0 amide bonds. The molecule has 0 aliphatic heterocycles. The van der Waals surface area contributed by atoms with Crippen LogP contribution in [-0.2, 0) is 6.54 Å². The van der Waals surface area contributed by atoms with Gasteiger partial charge in [-0.05, 0) is 30.5 Å². The first-order valence-corrected chi connectivity index (χ1v) is 6.62. The average Bonchev–Trinajstić information content (AvgIpc) is 2.36. The molecule has 0 spiro atoms. The van der Waals surface area contributed by atoms with E-state index >= 15 is 0 Å². The summed E-state index contributed by atoms with van der Waals surface area (Å²) in [5, 5.41) is 3.40. The minimum Gasteiger partial charge on any atom is -0.473 e. The van der Waals surface area contributed by atoms with Crippen molar-refractivity contribution in [3.63, 3.8) is 0 Å². The SMILES string of the molecule is C=CCOc1cc(CNCCC)cc(C(C)C)n1. The van der Waals surface area contributed by atoms with Gasteiger partial charge < -0.3 is 10.1 Å². The van der Waals surface area contributed by atoms with Crippen LogP contribution in [0.3, 0.4) is 0 Å². The Kier molecular flexibility index (Phi) is 6.44. The van der Waals surface area contributed by atoms with Crippen molar-refractivity contribution in [2.24, 2.45) is 0 Å². The highest BCUT2D eigenvalue weighted by Gasteiger charge is 2.06. The first kappa shape index (κ1) is 14.7. The number of aromatic nitrogens is 1. The molecular weight excluding hydrogens is 224 g/mol. The van der Waals surface area contributed by atoms with Crippen LogP contribution < -0.4 is 10.1 Å². The van der Waals surface area contributed by atoms with Gasteiger partial charge >= 0.3 is 0 Å². The summed E-state index contributed by atoms with van der Waals surface area (Å²) in [6.07, 6.45) is 2.88. The maximum Gasteiger partial charge on any atom is 0.214 e. The molecule has 0 saturated heterocycles. The highest BCUT2D eigenvalue weighted by atomic mass is 16.5. The molecule has 0 aliphatic rings. The zero-order chi connectivity index (χ0) is 13.4. The van der Waals surface area contributed by atoms with Gasteiger partial charge in [0.25, 0.3) is 0 Å². The largest absolute Gasteiger partial charge is 0.473 e. The van der Waals surface area contributed by atoms with E-state index in [1.807, 2.05) is 6.07 Å². The predicted molar refractivity (Wildman–Crippen MR) is 76.0 cm³/mol. The fourth-order valence-electron chi connectivity index (χ4n) is 1.61. The van der Waals surface area contributed by atoms with Gasteiger partial charge in [-0.25, -0.2) is 4.98 Å². The van der Waals surface area contributed by atoms with Gasteiger partial charge in [-0.2, -0.15) is 0 Å². The maximum atomic E-state index is 5.54. The van der Waals surface area contributed by atoms with Crippen molar-refractivity contribution in [2.75, 3.05) is 13.2 Å². The van der Waals surface area contributed by atoms with Gasteiger partial charge in [0.1, 0.15) is 6.61 Å². The van der Waals surface area contributed by atoms with Crippen molar-refractivity contribution in [3.05, 3.63) is 36.0 Å². The maximum absolute atomic E-state index is 5.54. The van der Waals surface area contributed by atoms with Crippen LogP contribution in [0.2, 0.25) is 0 Å². The van der Waals surface area contributed by atoms with Crippen LogP contribution in [0.5, 0.6) is 5.88 Å². The summed E-state index contributed by atoms with van der Waals surface area (Å²) in [6.45, 7) is 12.5. The Bertz CT molecular complexity index is 375. The molecule has 0 atom stereocenters. The van der Waals surface area contributed by atoms with Crippen molar-refractivity contribution in [3.8, 4) is 5.88 Å². The van der Waals surface area contributed by atoms with Gasteiger partial charge in [-0.15, -0.1) is 0 Å². The highest BCUT2D eigenvalue weighted by Crippen LogP contribution is 2.19. The molecule has 0 unspecified atom stereocenters. The fraction of sp³-hybridized carbons (Fsp3) is 0.533. The Morgan fingerprint density at radius 2 is 2.22 bits per heavy atom. The molecule has 3 heteroatoms. The lowest BCUT2D eigenvalue weighted by Crippen LogP contribution is -2.14. The summed E-state index contributed by atoms with van der Waals surface area (Å²) in [7, 11) is 0. The molecule has 3 nitrogen and oxygen atoms in total. The smallest absolute Gasteiger partial charge is 0.214 e. The summed E-state index contributed by atoms with van der Waals surface area (Å²) < 4.78 is 5.54. The topological polar surface area (TPSA) is 34.1 Å². The van der Waals surface area contributed by atoms with Crippen LogP contribution in [0, 0.1) is 0 Å². The molecule has 1 heterocycles. The van der Waals surface area contributed by atoms with Crippen LogP contribution in [0.25, 0.3) is 0 Å². The van der Waals surface area contributed by atoms with Crippen molar-refractivity contribution < 1.29 is 4.74 Å². The molecule has 1 aromatic rings. The quantitative estimate of drug-likeness (QED) is 0.566. The van der Waals surface area contributed by atoms with Crippen LogP contribution >= 0.6 is 0 Å². The van der Waals surface area contributed by atoms with Gasteiger partial charge in [-0.1, -0.05) is 33.4 Å². The summed E-state index contributed by atoms with van der Waals surface area (Å²) in [4.78, 5) is 4.50. The number of nitrogens with zero attached hydrogens (tertiary/aromatic N) is 1. The predicted octanol–water partition coefficient (Wildman–Crippen LogP) is 3.27. The molecule has 0 saturated carbocycles. The second kappa shape index (κ2) is 7.88. The molecule has 100 valence electrons. The molecule has 1 rings (SSSR count). The van der Waals surface area contributed by atoms with Crippen molar-refractivity contribution in [1.82, 2.24) is 10.3 Å². The third-order valence-electron chi connectivity index (χ3n) is 2.58. The number of hydrogen-bond acceptors (Lipinski definition) is 3. The van der Waals surface area contributed by atoms with Crippen molar-refractivity contribution in [2.45, 2.75) is 39.7 Å². The summed E-state index contributed by atoms with van der Waals surface area (Å²) in [6, 6.07) is 4.14. The molecule has 0 fully saturated rings. The van der Waals surface area contributed by atoms with E-state index < -0.39 is 0 Å². The lowest BCUT2D eigenvalue weighted by atomic mass is 10.1. The van der Waals surface area contributed by atoms with Crippen LogP contribution in [0.15, 0.2) is 24.8 Å². The van der Waals surface area contributed by atoms with Crippen LogP contribution in [-0.4, -0.2) is 18.1 Å². The van der Waals surface area contributed by atoms with Gasteiger partial charge in [-0.3, -0.25) is 0 Å². The Labute approximate surface area is 110 Å². The van der Waals surface area contributed by atoms with Crippen molar-refractivity contribution >= 4 is 0 Å². The minimum atomic E-state index is 0.405. The molecular formula is C15H24N2O. The molecule has 1 N–H and O–H groups in total. The first-order chi connectivity index (χ1) is 8.67. The highest BCUT2D eigenvalue weighted by molar-refractivity contribution is 5.26. The molecule has 18 heavy (non-hydrogen) atoms. The van der Waals surface area contributed by atoms with Crippen LogP contribution in [0.4, 0.5) is 0 Å². The molecule has 1 aromatic heterocycles. The summed E-state index contributed by atoms with van der Waals surface area (Å²) in [5.41, 5.74) is 2.30. The Morgan fingerprint density at radius 3 is 2.83 bits per heavy atom. The summed E-state index contributed by atoms with van der Waals surface area (Å²) >= 11 is 0. The van der Waals surface area contributed by atoms with Gasteiger partial charge in [0.2, 0.25) is 5.88 Å². The third-order valence-corrected chi connectivity index (χ3v) is 2.58. The number of rotatable bonds is 8. The van der Waals surface area contributed by atoms with E-state index in [0.29, 0.717) is 18.4 Å². The Balaban J connectivity index is 2.80. The third kappa shape index (κ3) is 4.88. The van der Waals surface area contributed by atoms with E-state index in [0.717, 1.165) is 25.2 Å². The standard InChI is InChI=1S/C15H24N2O/c1-5-7-16-11-13-9-14(12(3)4)17-15(10-13)18-8-6-2/h6,9-10,12,16H,2,5,7-8,11H2,1,3-4H3. The second-order valence-corrected chi connectivity index (χ2v) is 4.67. The Hall–Kier alpha value is -1.35. The van der Waals surface area contributed by atoms with Gasteiger partial charge in [0.05, 0.1) is 0 Å². The van der Waals surface area contributed by atoms with Crippen LogP contribution in [0.1, 0.15) is 44.4 Å². The van der Waals surface area contributed by atoms with E-state index in [2.05, 4.69) is 43.7 Å². The average molecular weight is 248 g/mol. The summed E-state index contributed by atoms with van der Waals surface area (Å²) in [5.74, 6) is 1.09. The zero-order valence-electron chi connectivity index (χ0n) is 11.7. The molecule has 0 aromatic carbocycles. The van der Waals surface area contributed by atoms with E-state index in [-0.39, 0.29) is 0 Å². The normalized spacial score (nSPS) is 10.7. The van der Waals surface area contributed by atoms with E-state index in [4.69, 9.17) is 4.74 Å². The number of ether oxygens (including phenoxy) is 1. The second-order valence-electron chi connectivity index (χ2n) is 4.67. The molecule has 0 aliphatic carbocycles. The zero-order valence-corrected chi connectivity index (χ0v) is 11.7. The minimum absolute atomic E-state index is 0.405. The molecule has 0 bridgehead atoms. The lowest BCUT2D eigenvalue weighted by molar-refractivity contribution is 0.346. The Morgan fingerprint density at radius 1 is 1.44 bits per heavy atom. The monoisotopic (exact) mass is 248 g/mol. The number of pyridine rings is 1. The lowest BCUT2D eigenvalue weighted by Gasteiger charge is -2.11. The van der Waals surface area contributed by atoms with E-state index in [1.54, 1.807) is 6.08 Å². The molecule has 0 radical (unpaired) electrons. The fourth-order valence-corrected chi connectivity index (χ4v) is 1.61. The van der Waals surface area contributed by atoms with Gasteiger partial charge in [0.15, 0.2) is 0 Å². The van der Waals surface area contributed by atoms with E-state index in [9.17, 15) is 0 Å². The first-order valence-electron chi connectivity index (χ1n) is 6.62. The number of hydrogen-bond donors (Lipinski definition) is 1.